The van der Waals surface area contributed by atoms with Gasteiger partial charge in [0.25, 0.3) is 0 Å². The quantitative estimate of drug-likeness (QED) is 0.301. The molecule has 0 aromatic heterocycles. The molecular formula is C16H20O4. The first kappa shape index (κ1) is 16.1. The monoisotopic (exact) mass is 276 g/mol. The van der Waals surface area contributed by atoms with Crippen molar-refractivity contribution in [1.82, 2.24) is 0 Å². The van der Waals surface area contributed by atoms with Gasteiger partial charge in [-0.25, -0.2) is 0 Å². The van der Waals surface area contributed by atoms with Crippen LogP contribution >= 0.6 is 0 Å². The lowest BCUT2D eigenvalue weighted by Gasteiger charge is -2.02. The minimum atomic E-state index is -0.474. The largest absolute Gasteiger partial charge is 0.466 e. The van der Waals surface area contributed by atoms with Crippen LogP contribution < -0.4 is 0 Å². The number of ether oxygens (including phenoxy) is 1. The molecule has 20 heavy (non-hydrogen) atoms. The van der Waals surface area contributed by atoms with Crippen LogP contribution in [0.15, 0.2) is 30.3 Å². The van der Waals surface area contributed by atoms with Crippen LogP contribution in [0.1, 0.15) is 49.4 Å². The first-order valence-electron chi connectivity index (χ1n) is 6.89. The number of unbranched alkanes of at least 4 members (excludes halogenated alkanes) is 1. The zero-order chi connectivity index (χ0) is 14.8. The van der Waals surface area contributed by atoms with Gasteiger partial charge in [0.2, 0.25) is 0 Å². The molecule has 0 aliphatic rings. The third kappa shape index (κ3) is 6.27. The molecule has 0 heterocycles. The van der Waals surface area contributed by atoms with Crippen LogP contribution in [0.3, 0.4) is 0 Å². The molecule has 0 unspecified atom stereocenters. The van der Waals surface area contributed by atoms with Gasteiger partial charge in [-0.1, -0.05) is 30.3 Å². The Balaban J connectivity index is 2.17. The van der Waals surface area contributed by atoms with Crippen molar-refractivity contribution in [3.8, 4) is 0 Å². The highest BCUT2D eigenvalue weighted by atomic mass is 16.5. The Bertz CT molecular complexity index is 451. The maximum Gasteiger partial charge on any atom is 0.313 e. The maximum absolute atomic E-state index is 11.8. The summed E-state index contributed by atoms with van der Waals surface area (Å²) in [4.78, 5) is 34.3. The molecule has 0 amide bonds. The zero-order valence-electron chi connectivity index (χ0n) is 11.8. The summed E-state index contributed by atoms with van der Waals surface area (Å²) in [6.07, 6.45) is 1.86. The Labute approximate surface area is 119 Å². The minimum absolute atomic E-state index is 0.0865. The lowest BCUT2D eigenvalue weighted by molar-refractivity contribution is -0.145. The van der Waals surface area contributed by atoms with E-state index in [4.69, 9.17) is 4.74 Å². The van der Waals surface area contributed by atoms with Gasteiger partial charge in [0, 0.05) is 18.4 Å². The second-order valence-corrected chi connectivity index (χ2v) is 4.52. The highest BCUT2D eigenvalue weighted by Crippen LogP contribution is 2.09. The molecule has 0 N–H and O–H groups in total. The fourth-order valence-electron chi connectivity index (χ4n) is 1.84. The van der Waals surface area contributed by atoms with Crippen molar-refractivity contribution in [2.75, 3.05) is 6.61 Å². The van der Waals surface area contributed by atoms with Crippen LogP contribution in [0.4, 0.5) is 0 Å². The number of hydrogen-bond acceptors (Lipinski definition) is 4. The van der Waals surface area contributed by atoms with Gasteiger partial charge in [0.1, 0.15) is 12.2 Å². The second-order valence-electron chi connectivity index (χ2n) is 4.52. The molecule has 0 saturated heterocycles. The third-order valence-electron chi connectivity index (χ3n) is 2.85. The average Bonchev–Trinajstić information content (AvgIpc) is 2.44. The molecule has 4 nitrogen and oxygen atoms in total. The first-order chi connectivity index (χ1) is 9.63. The van der Waals surface area contributed by atoms with E-state index in [1.165, 1.54) is 0 Å². The summed E-state index contributed by atoms with van der Waals surface area (Å²) in [6.45, 7) is 2.00. The van der Waals surface area contributed by atoms with Crippen LogP contribution in [0.5, 0.6) is 0 Å². The molecule has 0 atom stereocenters. The number of benzene rings is 1. The molecule has 1 aromatic rings. The number of carbonyl (C=O) groups excluding carboxylic acids is 3. The molecule has 4 heteroatoms. The van der Waals surface area contributed by atoms with E-state index in [1.807, 2.05) is 18.2 Å². The van der Waals surface area contributed by atoms with E-state index in [0.717, 1.165) is 0 Å². The topological polar surface area (TPSA) is 60.4 Å². The Morgan fingerprint density at radius 2 is 1.65 bits per heavy atom. The Morgan fingerprint density at radius 3 is 2.30 bits per heavy atom. The van der Waals surface area contributed by atoms with Crippen LogP contribution in [0.25, 0.3) is 0 Å². The van der Waals surface area contributed by atoms with Gasteiger partial charge in [0.05, 0.1) is 6.61 Å². The van der Waals surface area contributed by atoms with E-state index >= 15 is 0 Å². The SMILES string of the molecule is CCOC(=O)CC(=O)CCCCC(=O)c1ccccc1. The van der Waals surface area contributed by atoms with Crippen molar-refractivity contribution in [2.45, 2.75) is 39.0 Å². The molecule has 108 valence electrons. The fraction of sp³-hybridized carbons (Fsp3) is 0.438. The van der Waals surface area contributed by atoms with E-state index in [-0.39, 0.29) is 24.6 Å². The Hall–Kier alpha value is -1.97. The molecule has 0 spiro atoms. The lowest BCUT2D eigenvalue weighted by Crippen LogP contribution is -2.11. The van der Waals surface area contributed by atoms with Crippen molar-refractivity contribution >= 4 is 17.5 Å². The summed E-state index contributed by atoms with van der Waals surface area (Å²) in [5.74, 6) is -0.517. The molecule has 1 aromatic carbocycles. The van der Waals surface area contributed by atoms with Gasteiger partial charge in [-0.2, -0.15) is 0 Å². The minimum Gasteiger partial charge on any atom is -0.466 e. The van der Waals surface area contributed by atoms with Crippen molar-refractivity contribution < 1.29 is 19.1 Å². The molecule has 0 aliphatic carbocycles. The molecular weight excluding hydrogens is 256 g/mol. The van der Waals surface area contributed by atoms with Crippen molar-refractivity contribution in [3.63, 3.8) is 0 Å². The predicted molar refractivity (Wildman–Crippen MR) is 75.5 cm³/mol. The van der Waals surface area contributed by atoms with E-state index in [0.29, 0.717) is 31.2 Å². The van der Waals surface area contributed by atoms with Gasteiger partial charge in [-0.3, -0.25) is 14.4 Å². The number of hydrogen-bond donors (Lipinski definition) is 0. The number of rotatable bonds is 9. The number of Topliss-reactive ketones (excluding diaryl/α,β-unsaturated/α-hetero) is 2. The predicted octanol–water partition coefficient (Wildman–Crippen LogP) is 2.95. The molecule has 0 bridgehead atoms. The van der Waals surface area contributed by atoms with Gasteiger partial charge in [-0.15, -0.1) is 0 Å². The summed E-state index contributed by atoms with van der Waals surface area (Å²) < 4.78 is 4.70. The number of ketones is 2. The summed E-state index contributed by atoms with van der Waals surface area (Å²) in [6, 6.07) is 9.10. The Kier molecular flexibility index (Phi) is 7.25. The van der Waals surface area contributed by atoms with Crippen LogP contribution in [-0.2, 0) is 14.3 Å². The van der Waals surface area contributed by atoms with E-state index in [2.05, 4.69) is 0 Å². The number of carbonyl (C=O) groups is 3. The molecule has 0 aliphatic heterocycles. The van der Waals surface area contributed by atoms with E-state index < -0.39 is 5.97 Å². The Morgan fingerprint density at radius 1 is 1.00 bits per heavy atom. The highest BCUT2D eigenvalue weighted by Gasteiger charge is 2.10. The third-order valence-corrected chi connectivity index (χ3v) is 2.85. The van der Waals surface area contributed by atoms with Gasteiger partial charge >= 0.3 is 5.97 Å². The van der Waals surface area contributed by atoms with Gasteiger partial charge in [0.15, 0.2) is 5.78 Å². The average molecular weight is 276 g/mol. The van der Waals surface area contributed by atoms with Crippen molar-refractivity contribution in [2.24, 2.45) is 0 Å². The second kappa shape index (κ2) is 9.02. The molecule has 0 fully saturated rings. The summed E-state index contributed by atoms with van der Waals surface area (Å²) in [5, 5.41) is 0. The molecule has 1 rings (SSSR count). The van der Waals surface area contributed by atoms with Crippen molar-refractivity contribution in [3.05, 3.63) is 35.9 Å². The number of esters is 1. The molecule has 0 saturated carbocycles. The van der Waals surface area contributed by atoms with Crippen molar-refractivity contribution in [1.29, 1.82) is 0 Å². The smallest absolute Gasteiger partial charge is 0.313 e. The van der Waals surface area contributed by atoms with Crippen LogP contribution in [0, 0.1) is 0 Å². The lowest BCUT2D eigenvalue weighted by atomic mass is 10.0. The van der Waals surface area contributed by atoms with Crippen LogP contribution in [0.2, 0.25) is 0 Å². The fourth-order valence-corrected chi connectivity index (χ4v) is 1.84. The zero-order valence-corrected chi connectivity index (χ0v) is 11.8. The van der Waals surface area contributed by atoms with E-state index in [9.17, 15) is 14.4 Å². The standard InChI is InChI=1S/C16H20O4/c1-2-20-16(19)12-14(17)10-6-7-11-15(18)13-8-4-3-5-9-13/h3-5,8-9H,2,6-7,10-12H2,1H3. The van der Waals surface area contributed by atoms with Crippen LogP contribution in [-0.4, -0.2) is 24.1 Å². The summed E-state index contributed by atoms with van der Waals surface area (Å²) in [5.41, 5.74) is 0.699. The molecule has 0 radical (unpaired) electrons. The summed E-state index contributed by atoms with van der Waals surface area (Å²) in [7, 11) is 0. The first-order valence-corrected chi connectivity index (χ1v) is 6.89. The normalized spacial score (nSPS) is 10.1. The van der Waals surface area contributed by atoms with Gasteiger partial charge < -0.3 is 4.74 Å². The maximum atomic E-state index is 11.8. The highest BCUT2D eigenvalue weighted by molar-refractivity contribution is 5.96. The van der Waals surface area contributed by atoms with E-state index in [1.54, 1.807) is 19.1 Å². The van der Waals surface area contributed by atoms with Gasteiger partial charge in [-0.05, 0) is 19.8 Å². The summed E-state index contributed by atoms with van der Waals surface area (Å²) >= 11 is 0.